The summed E-state index contributed by atoms with van der Waals surface area (Å²) in [7, 11) is 0. The van der Waals surface area contributed by atoms with Crippen LogP contribution in [0.4, 0.5) is 10.5 Å². The summed E-state index contributed by atoms with van der Waals surface area (Å²) in [6, 6.07) is 13.1. The van der Waals surface area contributed by atoms with Gasteiger partial charge < -0.3 is 10.1 Å². The second-order valence-corrected chi connectivity index (χ2v) is 5.69. The van der Waals surface area contributed by atoms with E-state index in [0.717, 1.165) is 5.56 Å². The van der Waals surface area contributed by atoms with Gasteiger partial charge in [0.05, 0.1) is 5.52 Å². The molecule has 0 bridgehead atoms. The van der Waals surface area contributed by atoms with Gasteiger partial charge in [0, 0.05) is 16.5 Å². The largest absolute Gasteiger partial charge is 0.493 e. The predicted octanol–water partition coefficient (Wildman–Crippen LogP) is 4.56. The highest BCUT2D eigenvalue weighted by atomic mass is 35.5. The van der Waals surface area contributed by atoms with E-state index in [1.165, 1.54) is 6.08 Å². The van der Waals surface area contributed by atoms with Gasteiger partial charge in [-0.05, 0) is 29.8 Å². The number of nitrogens with zero attached hydrogens (tertiary/aromatic N) is 2. The fraction of sp³-hybridized carbons (Fsp3) is 0. The number of fused-ring (bicyclic) bond motifs is 1. The van der Waals surface area contributed by atoms with Crippen LogP contribution in [0.3, 0.4) is 0 Å². The molecule has 3 aromatic rings. The first kappa shape index (κ1) is 17.4. The van der Waals surface area contributed by atoms with Crippen LogP contribution < -0.4 is 5.32 Å². The summed E-state index contributed by atoms with van der Waals surface area (Å²) in [4.78, 5) is 26.1. The molecule has 0 saturated heterocycles. The van der Waals surface area contributed by atoms with Crippen molar-refractivity contribution >= 4 is 46.2 Å². The number of imide groups is 1. The third kappa shape index (κ3) is 4.14. The summed E-state index contributed by atoms with van der Waals surface area (Å²) in [6.45, 7) is 0. The zero-order chi connectivity index (χ0) is 18.5. The monoisotopic (exact) mass is 368 g/mol. The molecule has 0 unspecified atom stereocenters. The lowest BCUT2D eigenvalue weighted by Crippen LogP contribution is -2.25. The number of halogens is 1. The van der Waals surface area contributed by atoms with E-state index in [1.54, 1.807) is 24.3 Å². The molecule has 2 aromatic carbocycles. The van der Waals surface area contributed by atoms with E-state index < -0.39 is 11.9 Å². The van der Waals surface area contributed by atoms with Gasteiger partial charge in [-0.2, -0.15) is 0 Å². The zero-order valence-corrected chi connectivity index (χ0v) is 14.1. The topological polar surface area (TPSA) is 107 Å². The van der Waals surface area contributed by atoms with Crippen LogP contribution in [0.15, 0.2) is 64.8 Å². The molecule has 3 rings (SSSR count). The van der Waals surface area contributed by atoms with E-state index in [1.807, 2.05) is 35.6 Å². The second-order valence-electron chi connectivity index (χ2n) is 5.25. The number of amides is 3. The smallest absolute Gasteiger partial charge is 0.366 e. The minimum absolute atomic E-state index is 0.0601. The Hall–Kier alpha value is -3.45. The Balaban J connectivity index is 1.68. The molecule has 1 heterocycles. The number of rotatable bonds is 3. The summed E-state index contributed by atoms with van der Waals surface area (Å²) in [5.41, 5.74) is 1.46. The molecule has 0 atom stereocenters. The quantitative estimate of drug-likeness (QED) is 0.466. The number of nitrogens with one attached hydrogen (secondary N) is 2. The average molecular weight is 369 g/mol. The molecule has 0 fully saturated rings. The summed E-state index contributed by atoms with van der Waals surface area (Å²) >= 11 is 5.92. The van der Waals surface area contributed by atoms with Gasteiger partial charge in [0.1, 0.15) is 0 Å². The molecule has 1 aromatic heterocycles. The molecule has 3 amide bonds. The molecule has 26 heavy (non-hydrogen) atoms. The molecule has 7 nitrogen and oxygen atoms in total. The summed E-state index contributed by atoms with van der Waals surface area (Å²) in [5.74, 6) is -0.891. The third-order valence-corrected chi connectivity index (χ3v) is 3.65. The van der Waals surface area contributed by atoms with Gasteiger partial charge in [-0.25, -0.2) is 4.79 Å². The molecule has 0 aliphatic carbocycles. The average Bonchev–Trinajstić information content (AvgIpc) is 2.93. The van der Waals surface area contributed by atoms with Gasteiger partial charge in [-0.3, -0.25) is 10.1 Å². The maximum Gasteiger partial charge on any atom is 0.366 e. The highest BCUT2D eigenvalue weighted by Crippen LogP contribution is 2.36. The van der Waals surface area contributed by atoms with Crippen LogP contribution in [0, 0.1) is 0 Å². The van der Waals surface area contributed by atoms with Crippen LogP contribution >= 0.6 is 11.6 Å². The molecule has 3 N–H and O–H groups in total. The third-order valence-electron chi connectivity index (χ3n) is 3.41. The van der Waals surface area contributed by atoms with Crippen LogP contribution in [-0.2, 0) is 4.79 Å². The lowest BCUT2D eigenvalue weighted by molar-refractivity contribution is -0.115. The first-order valence-electron chi connectivity index (χ1n) is 7.53. The van der Waals surface area contributed by atoms with Crippen molar-refractivity contribution in [2.24, 2.45) is 10.2 Å². The molecule has 0 saturated carbocycles. The van der Waals surface area contributed by atoms with Crippen molar-refractivity contribution in [3.63, 3.8) is 0 Å². The first-order chi connectivity index (χ1) is 12.5. The number of H-pyrrole nitrogens is 1. The van der Waals surface area contributed by atoms with Gasteiger partial charge in [-0.15, -0.1) is 5.11 Å². The fourth-order valence-electron chi connectivity index (χ4n) is 2.24. The van der Waals surface area contributed by atoms with Crippen LogP contribution in [0.2, 0.25) is 5.02 Å². The Labute approximate surface area is 153 Å². The number of benzene rings is 2. The van der Waals surface area contributed by atoms with E-state index >= 15 is 0 Å². The summed E-state index contributed by atoms with van der Waals surface area (Å²) in [6.07, 6.45) is 2.78. The van der Waals surface area contributed by atoms with Gasteiger partial charge in [0.2, 0.25) is 5.88 Å². The molecule has 0 radical (unpaired) electrons. The molecular weight excluding hydrogens is 356 g/mol. The van der Waals surface area contributed by atoms with Crippen LogP contribution in [0.5, 0.6) is 5.88 Å². The Morgan fingerprint density at radius 3 is 2.69 bits per heavy atom. The van der Waals surface area contributed by atoms with Gasteiger partial charge >= 0.3 is 6.03 Å². The maximum atomic E-state index is 11.7. The number of carbonyl (C=O) groups excluding carboxylic acids is 2. The van der Waals surface area contributed by atoms with Gasteiger partial charge in [-0.1, -0.05) is 47.0 Å². The molecule has 130 valence electrons. The predicted molar refractivity (Wildman–Crippen MR) is 98.5 cm³/mol. The minimum atomic E-state index is -0.955. The Bertz CT molecular complexity index is 1030. The van der Waals surface area contributed by atoms with Crippen molar-refractivity contribution in [2.75, 3.05) is 0 Å². The number of hydrogen-bond donors (Lipinski definition) is 3. The van der Waals surface area contributed by atoms with E-state index in [4.69, 9.17) is 11.6 Å². The van der Waals surface area contributed by atoms with Gasteiger partial charge in [0.25, 0.3) is 5.91 Å². The number of aromatic hydroxyl groups is 1. The van der Waals surface area contributed by atoms with Crippen molar-refractivity contribution in [3.05, 3.63) is 65.2 Å². The number of aromatic nitrogens is 1. The Morgan fingerprint density at radius 2 is 1.92 bits per heavy atom. The van der Waals surface area contributed by atoms with Crippen LogP contribution in [0.1, 0.15) is 5.56 Å². The highest BCUT2D eigenvalue weighted by Gasteiger charge is 2.12. The van der Waals surface area contributed by atoms with Crippen molar-refractivity contribution in [2.45, 2.75) is 0 Å². The highest BCUT2D eigenvalue weighted by molar-refractivity contribution is 6.31. The van der Waals surface area contributed by atoms with E-state index in [-0.39, 0.29) is 11.6 Å². The number of carbonyl (C=O) groups is 2. The SMILES string of the molecule is O=C(C=Cc1ccccc1)NC(=O)N=Nc1c(O)[nH]c2ccc(Cl)cc12. The van der Waals surface area contributed by atoms with E-state index in [0.29, 0.717) is 15.9 Å². The fourth-order valence-corrected chi connectivity index (χ4v) is 2.41. The Morgan fingerprint density at radius 1 is 1.15 bits per heavy atom. The normalized spacial score (nSPS) is 11.4. The Kier molecular flexibility index (Phi) is 5.09. The number of aromatic amines is 1. The van der Waals surface area contributed by atoms with Crippen LogP contribution in [-0.4, -0.2) is 22.0 Å². The molecule has 8 heteroatoms. The molecule has 0 spiro atoms. The molecule has 0 aliphatic heterocycles. The second kappa shape index (κ2) is 7.62. The number of urea groups is 1. The zero-order valence-electron chi connectivity index (χ0n) is 13.3. The number of hydrogen-bond acceptors (Lipinski definition) is 4. The minimum Gasteiger partial charge on any atom is -0.493 e. The maximum absolute atomic E-state index is 11.7. The standard InChI is InChI=1S/C18H13ClN4O3/c19-12-7-8-14-13(10-12)16(17(25)20-14)22-23-18(26)21-15(24)9-6-11-4-2-1-3-5-11/h1-10,20,25H,(H,21,24,26). The van der Waals surface area contributed by atoms with Crippen molar-refractivity contribution in [1.82, 2.24) is 10.3 Å². The summed E-state index contributed by atoms with van der Waals surface area (Å²) < 4.78 is 0. The molecular formula is C18H13ClN4O3. The van der Waals surface area contributed by atoms with Gasteiger partial charge in [0.15, 0.2) is 5.69 Å². The van der Waals surface area contributed by atoms with Crippen LogP contribution in [0.25, 0.3) is 17.0 Å². The lowest BCUT2D eigenvalue weighted by atomic mass is 10.2. The number of azo groups is 1. The lowest BCUT2D eigenvalue weighted by Gasteiger charge is -1.95. The first-order valence-corrected chi connectivity index (χ1v) is 7.91. The van der Waals surface area contributed by atoms with Crippen molar-refractivity contribution in [3.8, 4) is 5.88 Å². The van der Waals surface area contributed by atoms with Crippen molar-refractivity contribution < 1.29 is 14.7 Å². The van der Waals surface area contributed by atoms with Crippen molar-refractivity contribution in [1.29, 1.82) is 0 Å². The summed E-state index contributed by atoms with van der Waals surface area (Å²) in [5, 5.41) is 20.0. The molecule has 0 aliphatic rings. The van der Waals surface area contributed by atoms with E-state index in [9.17, 15) is 14.7 Å². The van der Waals surface area contributed by atoms with E-state index in [2.05, 4.69) is 15.2 Å².